The molecule has 3 N–H and O–H groups in total. The molecule has 0 saturated carbocycles. The van der Waals surface area contributed by atoms with Crippen LogP contribution in [0.5, 0.6) is 5.75 Å². The first kappa shape index (κ1) is 19.5. The number of carbonyl (C=O) groups is 2. The first-order chi connectivity index (χ1) is 13.5. The van der Waals surface area contributed by atoms with Gasteiger partial charge in [0.15, 0.2) is 0 Å². The lowest BCUT2D eigenvalue weighted by atomic mass is 10.1. The topological polar surface area (TPSA) is 91.4 Å². The van der Waals surface area contributed by atoms with E-state index in [4.69, 9.17) is 9.84 Å². The van der Waals surface area contributed by atoms with Crippen molar-refractivity contribution in [2.24, 2.45) is 0 Å². The second kappa shape index (κ2) is 9.08. The van der Waals surface area contributed by atoms with Gasteiger partial charge in [-0.05, 0) is 42.2 Å². The summed E-state index contributed by atoms with van der Waals surface area (Å²) in [6.07, 6.45) is 2.79. The van der Waals surface area contributed by atoms with Gasteiger partial charge in [0.25, 0.3) is 0 Å². The highest BCUT2D eigenvalue weighted by atomic mass is 16.5. The number of ether oxygens (including phenoxy) is 1. The number of aromatic amines is 1. The zero-order valence-electron chi connectivity index (χ0n) is 15.8. The number of fused-ring (bicyclic) bond motifs is 1. The number of nitrogens with one attached hydrogen (secondary N) is 2. The van der Waals surface area contributed by atoms with Crippen LogP contribution in [0.15, 0.2) is 48.7 Å². The molecular weight excluding hydrogens is 356 g/mol. The van der Waals surface area contributed by atoms with Crippen molar-refractivity contribution in [3.05, 3.63) is 65.4 Å². The second-order valence-electron chi connectivity index (χ2n) is 6.75. The highest BCUT2D eigenvalue weighted by molar-refractivity contribution is 5.90. The number of aromatic nitrogens is 1. The Morgan fingerprint density at radius 3 is 2.68 bits per heavy atom. The smallest absolute Gasteiger partial charge is 0.303 e. The van der Waals surface area contributed by atoms with Crippen molar-refractivity contribution in [3.8, 4) is 5.75 Å². The molecule has 2 aromatic carbocycles. The number of carbonyl (C=O) groups excluding carboxylic acids is 1. The van der Waals surface area contributed by atoms with Crippen molar-refractivity contribution in [2.45, 2.75) is 32.7 Å². The fourth-order valence-electron chi connectivity index (χ4n) is 3.06. The molecule has 0 spiro atoms. The van der Waals surface area contributed by atoms with Crippen LogP contribution in [0.25, 0.3) is 10.9 Å². The number of carboxylic acid groups (broad SMARTS) is 1. The van der Waals surface area contributed by atoms with Crippen molar-refractivity contribution in [3.63, 3.8) is 0 Å². The standard InChI is InChI=1S/C22H24N2O4/c1-15-4-2-5-19-17(14-24-22(15)19)12-20(25)23-13-16-7-9-18(10-8-16)28-11-3-6-21(26)27/h2,4-5,7-10,14,24H,3,6,11-13H2,1H3,(H,23,25)(H,26,27). The molecular formula is C22H24N2O4. The van der Waals surface area contributed by atoms with Crippen molar-refractivity contribution >= 4 is 22.8 Å². The van der Waals surface area contributed by atoms with Gasteiger partial charge in [-0.3, -0.25) is 9.59 Å². The summed E-state index contributed by atoms with van der Waals surface area (Å²) >= 11 is 0. The molecule has 3 rings (SSSR count). The molecule has 0 bridgehead atoms. The van der Waals surface area contributed by atoms with Crippen LogP contribution >= 0.6 is 0 Å². The van der Waals surface area contributed by atoms with E-state index in [1.165, 1.54) is 0 Å². The maximum atomic E-state index is 12.3. The van der Waals surface area contributed by atoms with Crippen molar-refractivity contribution in [1.82, 2.24) is 10.3 Å². The summed E-state index contributed by atoms with van der Waals surface area (Å²) < 4.78 is 5.50. The van der Waals surface area contributed by atoms with E-state index in [2.05, 4.69) is 10.3 Å². The van der Waals surface area contributed by atoms with Crippen LogP contribution in [0.3, 0.4) is 0 Å². The van der Waals surface area contributed by atoms with Crippen LogP contribution in [0.2, 0.25) is 0 Å². The Morgan fingerprint density at radius 1 is 1.14 bits per heavy atom. The van der Waals surface area contributed by atoms with Gasteiger partial charge in [-0.1, -0.05) is 30.3 Å². The molecule has 0 atom stereocenters. The minimum Gasteiger partial charge on any atom is -0.494 e. The number of H-pyrrole nitrogens is 1. The van der Waals surface area contributed by atoms with Gasteiger partial charge in [-0.2, -0.15) is 0 Å². The molecule has 0 radical (unpaired) electrons. The average Bonchev–Trinajstić information content (AvgIpc) is 3.08. The van der Waals surface area contributed by atoms with Crippen LogP contribution in [0.4, 0.5) is 0 Å². The number of benzene rings is 2. The average molecular weight is 380 g/mol. The molecule has 1 aromatic heterocycles. The van der Waals surface area contributed by atoms with Crippen molar-refractivity contribution in [1.29, 1.82) is 0 Å². The maximum absolute atomic E-state index is 12.3. The summed E-state index contributed by atoms with van der Waals surface area (Å²) in [4.78, 5) is 26.0. The highest BCUT2D eigenvalue weighted by Crippen LogP contribution is 2.21. The van der Waals surface area contributed by atoms with E-state index in [-0.39, 0.29) is 12.3 Å². The molecule has 0 fully saturated rings. The van der Waals surface area contributed by atoms with E-state index in [9.17, 15) is 9.59 Å². The summed E-state index contributed by atoms with van der Waals surface area (Å²) in [6, 6.07) is 13.5. The molecule has 0 unspecified atom stereocenters. The molecule has 3 aromatic rings. The van der Waals surface area contributed by atoms with Crippen molar-refractivity contribution in [2.75, 3.05) is 6.61 Å². The lowest BCUT2D eigenvalue weighted by molar-refractivity contribution is -0.137. The third-order valence-corrected chi connectivity index (χ3v) is 4.58. The largest absolute Gasteiger partial charge is 0.494 e. The van der Waals surface area contributed by atoms with Crippen LogP contribution < -0.4 is 10.1 Å². The Balaban J connectivity index is 1.47. The lowest BCUT2D eigenvalue weighted by Gasteiger charge is -2.08. The molecule has 6 heteroatoms. The summed E-state index contributed by atoms with van der Waals surface area (Å²) in [7, 11) is 0. The Morgan fingerprint density at radius 2 is 1.93 bits per heavy atom. The van der Waals surface area contributed by atoms with E-state index in [1.807, 2.05) is 55.6 Å². The van der Waals surface area contributed by atoms with E-state index < -0.39 is 5.97 Å². The first-order valence-electron chi connectivity index (χ1n) is 9.29. The Kier molecular flexibility index (Phi) is 6.32. The number of hydrogen-bond donors (Lipinski definition) is 3. The Bertz CT molecular complexity index is 960. The molecule has 0 saturated heterocycles. The van der Waals surface area contributed by atoms with Crippen LogP contribution in [-0.2, 0) is 22.6 Å². The van der Waals surface area contributed by atoms with Gasteiger partial charge in [0, 0.05) is 30.1 Å². The van der Waals surface area contributed by atoms with Crippen LogP contribution in [0.1, 0.15) is 29.5 Å². The number of aliphatic carboxylic acids is 1. The van der Waals surface area contributed by atoms with Gasteiger partial charge >= 0.3 is 5.97 Å². The third kappa shape index (κ3) is 5.13. The highest BCUT2D eigenvalue weighted by Gasteiger charge is 2.09. The lowest BCUT2D eigenvalue weighted by Crippen LogP contribution is -2.24. The van der Waals surface area contributed by atoms with E-state index >= 15 is 0 Å². The zero-order chi connectivity index (χ0) is 19.9. The van der Waals surface area contributed by atoms with Gasteiger partial charge in [0.05, 0.1) is 13.0 Å². The second-order valence-corrected chi connectivity index (χ2v) is 6.75. The summed E-state index contributed by atoms with van der Waals surface area (Å²) in [5.74, 6) is -0.163. The maximum Gasteiger partial charge on any atom is 0.303 e. The Hall–Kier alpha value is -3.28. The SMILES string of the molecule is Cc1cccc2c(CC(=O)NCc3ccc(OCCCC(=O)O)cc3)c[nH]c12. The van der Waals surface area contributed by atoms with Gasteiger partial charge in [0.2, 0.25) is 5.91 Å². The molecule has 1 amide bonds. The number of para-hydroxylation sites is 1. The predicted molar refractivity (Wildman–Crippen MR) is 107 cm³/mol. The van der Waals surface area contributed by atoms with Crippen LogP contribution in [0, 0.1) is 6.92 Å². The van der Waals surface area contributed by atoms with Gasteiger partial charge in [-0.15, -0.1) is 0 Å². The molecule has 1 heterocycles. The molecule has 28 heavy (non-hydrogen) atoms. The number of aryl methyl sites for hydroxylation is 1. The minimum absolute atomic E-state index is 0.0311. The number of rotatable bonds is 9. The predicted octanol–water partition coefficient (Wildman–Crippen LogP) is 3.58. The monoisotopic (exact) mass is 380 g/mol. The fraction of sp³-hybridized carbons (Fsp3) is 0.273. The zero-order valence-corrected chi connectivity index (χ0v) is 15.8. The molecule has 146 valence electrons. The van der Waals surface area contributed by atoms with E-state index in [0.29, 0.717) is 31.7 Å². The van der Waals surface area contributed by atoms with E-state index in [0.717, 1.165) is 27.6 Å². The molecule has 0 aliphatic rings. The number of hydrogen-bond acceptors (Lipinski definition) is 3. The van der Waals surface area contributed by atoms with Gasteiger partial charge < -0.3 is 20.1 Å². The fourth-order valence-corrected chi connectivity index (χ4v) is 3.06. The Labute approximate surface area is 163 Å². The summed E-state index contributed by atoms with van der Waals surface area (Å²) in [5, 5.41) is 12.6. The summed E-state index contributed by atoms with van der Waals surface area (Å²) in [5.41, 5.74) is 4.20. The third-order valence-electron chi connectivity index (χ3n) is 4.58. The molecule has 0 aliphatic heterocycles. The number of amides is 1. The molecule has 0 aliphatic carbocycles. The minimum atomic E-state index is -0.822. The quantitative estimate of drug-likeness (QED) is 0.495. The van der Waals surface area contributed by atoms with Gasteiger partial charge in [0.1, 0.15) is 5.75 Å². The number of carboxylic acids is 1. The van der Waals surface area contributed by atoms with Crippen LogP contribution in [-0.4, -0.2) is 28.6 Å². The summed E-state index contributed by atoms with van der Waals surface area (Å²) in [6.45, 7) is 2.86. The first-order valence-corrected chi connectivity index (χ1v) is 9.29. The normalized spacial score (nSPS) is 10.8. The molecule has 6 nitrogen and oxygen atoms in total. The van der Waals surface area contributed by atoms with Gasteiger partial charge in [-0.25, -0.2) is 0 Å². The van der Waals surface area contributed by atoms with E-state index in [1.54, 1.807) is 0 Å². The van der Waals surface area contributed by atoms with Crippen molar-refractivity contribution < 1.29 is 19.4 Å².